The molecular weight excluding hydrogens is 213 g/mol. The van der Waals surface area contributed by atoms with Crippen LogP contribution in [0.2, 0.25) is 5.02 Å². The second kappa shape index (κ2) is 4.11. The van der Waals surface area contributed by atoms with E-state index < -0.39 is 0 Å². The molecule has 1 atom stereocenters. The molecule has 15 heavy (non-hydrogen) atoms. The van der Waals surface area contributed by atoms with Crippen LogP contribution in [0, 0.1) is 18.7 Å². The molecule has 0 aliphatic heterocycles. The van der Waals surface area contributed by atoms with Crippen molar-refractivity contribution in [3.63, 3.8) is 0 Å². The van der Waals surface area contributed by atoms with Crippen molar-refractivity contribution in [1.29, 1.82) is 0 Å². The van der Waals surface area contributed by atoms with Gasteiger partial charge in [0, 0.05) is 16.6 Å². The molecule has 3 heteroatoms. The van der Waals surface area contributed by atoms with Gasteiger partial charge in [-0.2, -0.15) is 0 Å². The van der Waals surface area contributed by atoms with Gasteiger partial charge in [0.2, 0.25) is 0 Å². The Morgan fingerprint density at radius 2 is 2.13 bits per heavy atom. The molecule has 0 heterocycles. The molecule has 1 nitrogen and oxygen atoms in total. The van der Waals surface area contributed by atoms with Gasteiger partial charge in [0.1, 0.15) is 5.82 Å². The molecule has 0 spiro atoms. The standard InChI is InChI=1S/C12H15ClFN/c1-7-5-6-9(13)10(11(7)14)12(15)8-3-2-4-8/h5-6,8,12H,2-4,15H2,1H3/t12-/m1/s1. The van der Waals surface area contributed by atoms with E-state index >= 15 is 0 Å². The highest BCUT2D eigenvalue weighted by molar-refractivity contribution is 6.31. The molecule has 0 unspecified atom stereocenters. The van der Waals surface area contributed by atoms with Crippen LogP contribution in [0.3, 0.4) is 0 Å². The maximum absolute atomic E-state index is 13.9. The van der Waals surface area contributed by atoms with Crippen molar-refractivity contribution in [1.82, 2.24) is 0 Å². The molecule has 0 saturated heterocycles. The summed E-state index contributed by atoms with van der Waals surface area (Å²) in [5.74, 6) is 0.167. The van der Waals surface area contributed by atoms with E-state index in [2.05, 4.69) is 0 Å². The van der Waals surface area contributed by atoms with E-state index in [1.165, 1.54) is 6.42 Å². The topological polar surface area (TPSA) is 26.0 Å². The fourth-order valence-corrected chi connectivity index (χ4v) is 2.29. The van der Waals surface area contributed by atoms with Crippen LogP contribution in [0.25, 0.3) is 0 Å². The van der Waals surface area contributed by atoms with Gasteiger partial charge in [-0.05, 0) is 37.3 Å². The first kappa shape index (κ1) is 10.9. The van der Waals surface area contributed by atoms with Crippen molar-refractivity contribution in [2.24, 2.45) is 11.7 Å². The lowest BCUT2D eigenvalue weighted by molar-refractivity contribution is 0.260. The van der Waals surface area contributed by atoms with Crippen molar-refractivity contribution in [3.05, 3.63) is 34.1 Å². The SMILES string of the molecule is Cc1ccc(Cl)c([C@H](N)C2CCC2)c1F. The number of nitrogens with two attached hydrogens (primary N) is 1. The summed E-state index contributed by atoms with van der Waals surface area (Å²) in [5.41, 5.74) is 7.16. The molecule has 1 aliphatic rings. The number of aryl methyl sites for hydroxylation is 1. The molecule has 1 aliphatic carbocycles. The Kier molecular flexibility index (Phi) is 2.98. The third-order valence-electron chi connectivity index (χ3n) is 3.31. The Labute approximate surface area is 94.4 Å². The molecule has 1 aromatic carbocycles. The fraction of sp³-hybridized carbons (Fsp3) is 0.500. The van der Waals surface area contributed by atoms with Crippen LogP contribution in [0.15, 0.2) is 12.1 Å². The van der Waals surface area contributed by atoms with Crippen LogP contribution in [-0.4, -0.2) is 0 Å². The van der Waals surface area contributed by atoms with E-state index in [-0.39, 0.29) is 11.9 Å². The van der Waals surface area contributed by atoms with Crippen LogP contribution in [0.4, 0.5) is 4.39 Å². The Bertz CT molecular complexity index is 374. The molecule has 1 fully saturated rings. The predicted octanol–water partition coefficient (Wildman–Crippen LogP) is 3.59. The summed E-state index contributed by atoms with van der Waals surface area (Å²) in [6.07, 6.45) is 3.37. The Balaban J connectivity index is 2.36. The van der Waals surface area contributed by atoms with E-state index in [4.69, 9.17) is 17.3 Å². The predicted molar refractivity (Wildman–Crippen MR) is 60.4 cm³/mol. The van der Waals surface area contributed by atoms with Crippen LogP contribution in [0.5, 0.6) is 0 Å². The second-order valence-electron chi connectivity index (χ2n) is 4.31. The summed E-state index contributed by atoms with van der Waals surface area (Å²) in [5, 5.41) is 0.456. The number of benzene rings is 1. The lowest BCUT2D eigenvalue weighted by Gasteiger charge is -2.32. The van der Waals surface area contributed by atoms with Crippen molar-refractivity contribution in [3.8, 4) is 0 Å². The van der Waals surface area contributed by atoms with Gasteiger partial charge in [0.05, 0.1) is 0 Å². The average molecular weight is 228 g/mol. The fourth-order valence-electron chi connectivity index (χ4n) is 2.02. The Morgan fingerprint density at radius 3 is 2.67 bits per heavy atom. The summed E-state index contributed by atoms with van der Waals surface area (Å²) in [6.45, 7) is 1.74. The van der Waals surface area contributed by atoms with Gasteiger partial charge >= 0.3 is 0 Å². The largest absolute Gasteiger partial charge is 0.324 e. The van der Waals surface area contributed by atoms with Crippen LogP contribution in [0.1, 0.15) is 36.4 Å². The number of hydrogen-bond donors (Lipinski definition) is 1. The van der Waals surface area contributed by atoms with Crippen LogP contribution < -0.4 is 5.73 Å². The molecule has 2 N–H and O–H groups in total. The highest BCUT2D eigenvalue weighted by Crippen LogP contribution is 2.39. The second-order valence-corrected chi connectivity index (χ2v) is 4.72. The number of rotatable bonds is 2. The molecule has 0 aromatic heterocycles. The minimum atomic E-state index is -0.244. The summed E-state index contributed by atoms with van der Waals surface area (Å²) < 4.78 is 13.9. The summed E-state index contributed by atoms with van der Waals surface area (Å²) in [4.78, 5) is 0. The summed E-state index contributed by atoms with van der Waals surface area (Å²) >= 11 is 6.00. The van der Waals surface area contributed by atoms with Gasteiger partial charge in [-0.25, -0.2) is 4.39 Å². The van der Waals surface area contributed by atoms with Gasteiger partial charge in [0.15, 0.2) is 0 Å². The smallest absolute Gasteiger partial charge is 0.132 e. The Morgan fingerprint density at radius 1 is 1.47 bits per heavy atom. The number of halogens is 2. The Hall–Kier alpha value is -0.600. The molecule has 82 valence electrons. The van der Waals surface area contributed by atoms with E-state index in [1.54, 1.807) is 19.1 Å². The van der Waals surface area contributed by atoms with Gasteiger partial charge in [-0.15, -0.1) is 0 Å². The zero-order valence-electron chi connectivity index (χ0n) is 8.76. The molecule has 1 aromatic rings. The first-order valence-electron chi connectivity index (χ1n) is 5.31. The first-order chi connectivity index (χ1) is 7.11. The van der Waals surface area contributed by atoms with Gasteiger partial charge in [0.25, 0.3) is 0 Å². The maximum Gasteiger partial charge on any atom is 0.132 e. The highest BCUT2D eigenvalue weighted by atomic mass is 35.5. The highest BCUT2D eigenvalue weighted by Gasteiger charge is 2.29. The lowest BCUT2D eigenvalue weighted by Crippen LogP contribution is -2.28. The molecular formula is C12H15ClFN. The summed E-state index contributed by atoms with van der Waals surface area (Å²) in [7, 11) is 0. The van der Waals surface area contributed by atoms with E-state index in [9.17, 15) is 4.39 Å². The van der Waals surface area contributed by atoms with Gasteiger partial charge < -0.3 is 5.73 Å². The third kappa shape index (κ3) is 1.88. The molecule has 0 bridgehead atoms. The molecule has 1 saturated carbocycles. The maximum atomic E-state index is 13.9. The van der Waals surface area contributed by atoms with Crippen LogP contribution in [-0.2, 0) is 0 Å². The zero-order chi connectivity index (χ0) is 11.0. The molecule has 0 radical (unpaired) electrons. The number of hydrogen-bond acceptors (Lipinski definition) is 1. The van der Waals surface area contributed by atoms with Gasteiger partial charge in [-0.1, -0.05) is 24.1 Å². The van der Waals surface area contributed by atoms with Crippen molar-refractivity contribution < 1.29 is 4.39 Å². The first-order valence-corrected chi connectivity index (χ1v) is 5.69. The van der Waals surface area contributed by atoms with Gasteiger partial charge in [-0.3, -0.25) is 0 Å². The zero-order valence-corrected chi connectivity index (χ0v) is 9.52. The van der Waals surface area contributed by atoms with E-state index in [1.807, 2.05) is 0 Å². The van der Waals surface area contributed by atoms with E-state index in [0.29, 0.717) is 22.1 Å². The monoisotopic (exact) mass is 227 g/mol. The molecule has 0 amide bonds. The summed E-state index contributed by atoms with van der Waals surface area (Å²) in [6, 6.07) is 3.17. The normalized spacial score (nSPS) is 18.7. The third-order valence-corrected chi connectivity index (χ3v) is 3.64. The quantitative estimate of drug-likeness (QED) is 0.821. The van der Waals surface area contributed by atoms with Crippen molar-refractivity contribution in [2.45, 2.75) is 32.2 Å². The minimum Gasteiger partial charge on any atom is -0.324 e. The molecule has 2 rings (SSSR count). The van der Waals surface area contributed by atoms with Crippen molar-refractivity contribution >= 4 is 11.6 Å². The van der Waals surface area contributed by atoms with E-state index in [0.717, 1.165) is 12.8 Å². The average Bonchev–Trinajstić information content (AvgIpc) is 2.09. The minimum absolute atomic E-state index is 0.234. The van der Waals surface area contributed by atoms with Crippen LogP contribution >= 0.6 is 11.6 Å². The lowest BCUT2D eigenvalue weighted by atomic mass is 9.77. The van der Waals surface area contributed by atoms with Crippen molar-refractivity contribution in [2.75, 3.05) is 0 Å².